The van der Waals surface area contributed by atoms with Gasteiger partial charge in [0.25, 0.3) is 0 Å². The number of rotatable bonds is 3. The molecule has 0 saturated carbocycles. The number of hydrogen-bond acceptors (Lipinski definition) is 2. The topological polar surface area (TPSA) is 36.4 Å². The van der Waals surface area contributed by atoms with Crippen molar-refractivity contribution < 1.29 is 4.39 Å². The van der Waals surface area contributed by atoms with Crippen molar-refractivity contribution in [2.24, 2.45) is 5.10 Å². The van der Waals surface area contributed by atoms with Gasteiger partial charge >= 0.3 is 0 Å². The molecule has 3 aromatic carbocycles. The molecule has 0 aliphatic rings. The molecule has 0 bridgehead atoms. The molecule has 0 aliphatic carbocycles. The summed E-state index contributed by atoms with van der Waals surface area (Å²) in [5.41, 5.74) is 5.35. The molecule has 0 unspecified atom stereocenters. The Bertz CT molecular complexity index is 904. The van der Waals surface area contributed by atoms with Crippen LogP contribution in [0.5, 0.6) is 0 Å². The van der Waals surface area contributed by atoms with Crippen molar-refractivity contribution in [3.63, 3.8) is 0 Å². The molecule has 0 fully saturated rings. The van der Waals surface area contributed by atoms with Crippen LogP contribution in [0.4, 0.5) is 10.1 Å². The Hall–Kier alpha value is -2.79. The molecule has 0 amide bonds. The van der Waals surface area contributed by atoms with Crippen LogP contribution in [0.1, 0.15) is 12.5 Å². The third kappa shape index (κ3) is 3.94. The smallest absolute Gasteiger partial charge is 0.191 e. The molecule has 0 spiro atoms. The predicted molar refractivity (Wildman–Crippen MR) is 102 cm³/mol. The Morgan fingerprint density at radius 1 is 0.958 bits per heavy atom. The van der Waals surface area contributed by atoms with E-state index >= 15 is 0 Å². The van der Waals surface area contributed by atoms with Gasteiger partial charge in [0.15, 0.2) is 5.11 Å². The fraction of sp³-hybridized carbons (Fsp3) is 0.0526. The molecular weight excluding hydrogens is 321 g/mol. The van der Waals surface area contributed by atoms with Crippen LogP contribution in [-0.4, -0.2) is 10.8 Å². The Morgan fingerprint density at radius 2 is 1.67 bits per heavy atom. The summed E-state index contributed by atoms with van der Waals surface area (Å²) in [6.45, 7) is 1.91. The van der Waals surface area contributed by atoms with Crippen LogP contribution in [0.15, 0.2) is 71.8 Å². The summed E-state index contributed by atoms with van der Waals surface area (Å²) in [4.78, 5) is 0. The van der Waals surface area contributed by atoms with Gasteiger partial charge in [0.2, 0.25) is 0 Å². The molecule has 0 radical (unpaired) electrons. The van der Waals surface area contributed by atoms with E-state index in [1.165, 1.54) is 17.5 Å². The van der Waals surface area contributed by atoms with Gasteiger partial charge in [-0.2, -0.15) is 5.10 Å². The molecule has 0 aromatic heterocycles. The highest BCUT2D eigenvalue weighted by Crippen LogP contribution is 2.16. The van der Waals surface area contributed by atoms with Crippen LogP contribution < -0.4 is 10.7 Å². The molecule has 0 atom stereocenters. The van der Waals surface area contributed by atoms with Gasteiger partial charge in [-0.25, -0.2) is 4.39 Å². The van der Waals surface area contributed by atoms with Gasteiger partial charge in [0.05, 0.1) is 5.71 Å². The monoisotopic (exact) mass is 337 g/mol. The highest BCUT2D eigenvalue weighted by molar-refractivity contribution is 7.80. The maximum atomic E-state index is 12.9. The van der Waals surface area contributed by atoms with E-state index in [2.05, 4.69) is 40.1 Å². The zero-order valence-electron chi connectivity index (χ0n) is 13.1. The van der Waals surface area contributed by atoms with Crippen LogP contribution in [0.25, 0.3) is 10.8 Å². The van der Waals surface area contributed by atoms with Crippen molar-refractivity contribution in [1.29, 1.82) is 0 Å². The summed E-state index contributed by atoms with van der Waals surface area (Å²) < 4.78 is 12.9. The number of benzene rings is 3. The Labute approximate surface area is 145 Å². The third-order valence-corrected chi connectivity index (χ3v) is 3.79. The zero-order chi connectivity index (χ0) is 16.9. The fourth-order valence-electron chi connectivity index (χ4n) is 2.31. The van der Waals surface area contributed by atoms with Crippen LogP contribution in [0.3, 0.4) is 0 Å². The quantitative estimate of drug-likeness (QED) is 0.413. The highest BCUT2D eigenvalue weighted by atomic mass is 32.1. The van der Waals surface area contributed by atoms with Crippen molar-refractivity contribution in [2.45, 2.75) is 6.92 Å². The van der Waals surface area contributed by atoms with Crippen molar-refractivity contribution >= 4 is 39.5 Å². The lowest BCUT2D eigenvalue weighted by Gasteiger charge is -2.08. The summed E-state index contributed by atoms with van der Waals surface area (Å²) in [6, 6.07) is 20.3. The molecular formula is C19H16FN3S. The van der Waals surface area contributed by atoms with Gasteiger partial charge < -0.3 is 5.32 Å². The summed E-state index contributed by atoms with van der Waals surface area (Å²) in [7, 11) is 0. The molecule has 24 heavy (non-hydrogen) atoms. The lowest BCUT2D eigenvalue weighted by atomic mass is 10.0. The normalized spacial score (nSPS) is 11.3. The Morgan fingerprint density at radius 3 is 2.42 bits per heavy atom. The highest BCUT2D eigenvalue weighted by Gasteiger charge is 2.01. The first-order chi connectivity index (χ1) is 11.6. The standard InChI is InChI=1S/C19H16FN3S/c1-13(15-7-6-14-4-2-3-5-16(14)12-15)22-23-19(24)21-18-10-8-17(20)9-11-18/h2-12H,1H3,(H2,21,23,24). The zero-order valence-corrected chi connectivity index (χ0v) is 13.9. The van der Waals surface area contributed by atoms with Crippen molar-refractivity contribution in [3.05, 3.63) is 78.1 Å². The Balaban J connectivity index is 1.68. The Kier molecular flexibility index (Phi) is 4.82. The maximum absolute atomic E-state index is 12.9. The summed E-state index contributed by atoms with van der Waals surface area (Å²) >= 11 is 5.19. The number of halogens is 1. The van der Waals surface area contributed by atoms with Crippen LogP contribution in [0, 0.1) is 5.82 Å². The molecule has 0 saturated heterocycles. The average Bonchev–Trinajstić information content (AvgIpc) is 2.61. The molecule has 3 aromatic rings. The predicted octanol–water partition coefficient (Wildman–Crippen LogP) is 4.69. The van der Waals surface area contributed by atoms with Gasteiger partial charge in [0.1, 0.15) is 5.82 Å². The minimum atomic E-state index is -0.287. The number of hydrazone groups is 1. The van der Waals surface area contributed by atoms with Crippen LogP contribution >= 0.6 is 12.2 Å². The van der Waals surface area contributed by atoms with Crippen LogP contribution in [-0.2, 0) is 0 Å². The van der Waals surface area contributed by atoms with E-state index in [1.54, 1.807) is 12.1 Å². The van der Waals surface area contributed by atoms with Gasteiger partial charge in [0, 0.05) is 5.69 Å². The number of anilines is 1. The molecule has 3 nitrogen and oxygen atoms in total. The van der Waals surface area contributed by atoms with E-state index in [0.29, 0.717) is 10.8 Å². The van der Waals surface area contributed by atoms with E-state index < -0.39 is 0 Å². The SMILES string of the molecule is CC(=NNC(=S)Nc1ccc(F)cc1)c1ccc2ccccc2c1. The second kappa shape index (κ2) is 7.19. The molecule has 3 rings (SSSR count). The van der Waals surface area contributed by atoms with E-state index in [-0.39, 0.29) is 5.82 Å². The molecule has 5 heteroatoms. The lowest BCUT2D eigenvalue weighted by molar-refractivity contribution is 0.628. The second-order valence-corrected chi connectivity index (χ2v) is 5.74. The number of fused-ring (bicyclic) bond motifs is 1. The van der Waals surface area contributed by atoms with Crippen molar-refractivity contribution in [1.82, 2.24) is 5.43 Å². The minimum absolute atomic E-state index is 0.287. The van der Waals surface area contributed by atoms with Crippen molar-refractivity contribution in [2.75, 3.05) is 5.32 Å². The third-order valence-electron chi connectivity index (χ3n) is 3.59. The van der Waals surface area contributed by atoms with Gasteiger partial charge in [-0.05, 0) is 65.8 Å². The molecule has 0 aliphatic heterocycles. The van der Waals surface area contributed by atoms with E-state index in [4.69, 9.17) is 12.2 Å². The second-order valence-electron chi connectivity index (χ2n) is 5.33. The van der Waals surface area contributed by atoms with E-state index in [9.17, 15) is 4.39 Å². The van der Waals surface area contributed by atoms with E-state index in [0.717, 1.165) is 16.7 Å². The van der Waals surface area contributed by atoms with Crippen LogP contribution in [0.2, 0.25) is 0 Å². The molecule has 2 N–H and O–H groups in total. The molecule has 0 heterocycles. The number of thiocarbonyl (C=S) groups is 1. The van der Waals surface area contributed by atoms with Crippen molar-refractivity contribution in [3.8, 4) is 0 Å². The van der Waals surface area contributed by atoms with Gasteiger partial charge in [-0.1, -0.05) is 36.4 Å². The fourth-order valence-corrected chi connectivity index (χ4v) is 2.47. The molecule has 120 valence electrons. The number of nitrogens with one attached hydrogen (secondary N) is 2. The number of hydrogen-bond donors (Lipinski definition) is 2. The van der Waals surface area contributed by atoms with E-state index in [1.807, 2.05) is 25.1 Å². The lowest BCUT2D eigenvalue weighted by Crippen LogP contribution is -2.24. The minimum Gasteiger partial charge on any atom is -0.331 e. The first-order valence-corrected chi connectivity index (χ1v) is 7.89. The first kappa shape index (κ1) is 16.1. The summed E-state index contributed by atoms with van der Waals surface area (Å²) in [6.07, 6.45) is 0. The summed E-state index contributed by atoms with van der Waals surface area (Å²) in [5, 5.41) is 9.96. The largest absolute Gasteiger partial charge is 0.331 e. The number of nitrogens with zero attached hydrogens (tertiary/aromatic N) is 1. The van der Waals surface area contributed by atoms with Gasteiger partial charge in [-0.3, -0.25) is 5.43 Å². The average molecular weight is 337 g/mol. The summed E-state index contributed by atoms with van der Waals surface area (Å²) in [5.74, 6) is -0.287. The van der Waals surface area contributed by atoms with Gasteiger partial charge in [-0.15, -0.1) is 0 Å². The maximum Gasteiger partial charge on any atom is 0.191 e. The first-order valence-electron chi connectivity index (χ1n) is 7.48.